The van der Waals surface area contributed by atoms with E-state index < -0.39 is 0 Å². The van der Waals surface area contributed by atoms with E-state index in [4.69, 9.17) is 21.7 Å². The van der Waals surface area contributed by atoms with E-state index in [0.29, 0.717) is 5.02 Å². The number of rotatable bonds is 1. The first-order chi connectivity index (χ1) is 12.6. The second-order valence-electron chi connectivity index (χ2n) is 6.67. The molecular weight excluding hydrogens is 342 g/mol. The van der Waals surface area contributed by atoms with Crippen LogP contribution in [0.1, 0.15) is 11.1 Å². The molecule has 3 nitrogen and oxygen atoms in total. The maximum absolute atomic E-state index is 6.22. The molecule has 4 heteroatoms. The van der Waals surface area contributed by atoms with Crippen LogP contribution in [0.25, 0.3) is 38.7 Å². The van der Waals surface area contributed by atoms with Gasteiger partial charge in [-0.3, -0.25) is 0 Å². The molecular formula is C22H16ClN3. The Morgan fingerprint density at radius 3 is 2.46 bits per heavy atom. The number of imidazole rings is 1. The first-order valence-corrected chi connectivity index (χ1v) is 8.94. The zero-order chi connectivity index (χ0) is 17.8. The first kappa shape index (κ1) is 15.4. The van der Waals surface area contributed by atoms with Crippen molar-refractivity contribution >= 4 is 39.1 Å². The Morgan fingerprint density at radius 2 is 1.65 bits per heavy atom. The maximum Gasteiger partial charge on any atom is 0.162 e. The number of hydrogen-bond acceptors (Lipinski definition) is 2. The fourth-order valence-electron chi connectivity index (χ4n) is 3.45. The zero-order valence-corrected chi connectivity index (χ0v) is 15.2. The maximum atomic E-state index is 6.22. The van der Waals surface area contributed by atoms with Crippen molar-refractivity contribution in [1.29, 1.82) is 0 Å². The molecule has 3 aromatic carbocycles. The molecule has 0 bridgehead atoms. The third kappa shape index (κ3) is 2.21. The minimum atomic E-state index is 0.682. The highest BCUT2D eigenvalue weighted by Crippen LogP contribution is 2.32. The zero-order valence-electron chi connectivity index (χ0n) is 14.5. The molecule has 5 aromatic rings. The van der Waals surface area contributed by atoms with Crippen LogP contribution in [0, 0.1) is 13.8 Å². The molecule has 0 unspecified atom stereocenters. The van der Waals surface area contributed by atoms with Crippen LogP contribution < -0.4 is 0 Å². The van der Waals surface area contributed by atoms with Crippen LogP contribution in [-0.2, 0) is 0 Å². The molecule has 0 aliphatic rings. The summed E-state index contributed by atoms with van der Waals surface area (Å²) in [6, 6.07) is 20.5. The van der Waals surface area contributed by atoms with Gasteiger partial charge in [-0.25, -0.2) is 9.50 Å². The minimum Gasteiger partial charge on any atom is -0.226 e. The number of nitrogens with zero attached hydrogens (tertiary/aromatic N) is 3. The standard InChI is InChI=1S/C22H16ClN3/c1-13-7-8-15(11-14(13)2)21-17-5-3-4-6-18(17)22-24-19-10-9-16(23)12-20(19)26(22)25-21/h3-12H,1-2H3. The Morgan fingerprint density at radius 1 is 0.846 bits per heavy atom. The second kappa shape index (κ2) is 5.55. The predicted octanol–water partition coefficient (Wildman–Crippen LogP) is 5.97. The van der Waals surface area contributed by atoms with Crippen molar-refractivity contribution < 1.29 is 0 Å². The lowest BCUT2D eigenvalue weighted by Crippen LogP contribution is -1.98. The Hall–Kier alpha value is -2.91. The SMILES string of the molecule is Cc1ccc(-c2nn3c4cc(Cl)ccc4nc3c3ccccc23)cc1C. The normalized spacial score (nSPS) is 11.7. The molecule has 0 spiro atoms. The number of aryl methyl sites for hydroxylation is 2. The fourth-order valence-corrected chi connectivity index (χ4v) is 3.62. The van der Waals surface area contributed by atoms with Crippen molar-refractivity contribution in [2.75, 3.05) is 0 Å². The average molecular weight is 358 g/mol. The number of hydrogen-bond donors (Lipinski definition) is 0. The summed E-state index contributed by atoms with van der Waals surface area (Å²) >= 11 is 6.22. The van der Waals surface area contributed by atoms with Gasteiger partial charge in [0.15, 0.2) is 5.65 Å². The molecule has 2 heterocycles. The van der Waals surface area contributed by atoms with Crippen molar-refractivity contribution in [2.45, 2.75) is 13.8 Å². The Kier molecular flexibility index (Phi) is 3.28. The molecule has 0 radical (unpaired) electrons. The molecule has 26 heavy (non-hydrogen) atoms. The molecule has 0 N–H and O–H groups in total. The smallest absolute Gasteiger partial charge is 0.162 e. The fraction of sp³-hybridized carbons (Fsp3) is 0.0909. The second-order valence-corrected chi connectivity index (χ2v) is 7.11. The van der Waals surface area contributed by atoms with E-state index in [-0.39, 0.29) is 0 Å². The number of benzene rings is 3. The highest BCUT2D eigenvalue weighted by Gasteiger charge is 2.15. The van der Waals surface area contributed by atoms with E-state index in [9.17, 15) is 0 Å². The third-order valence-electron chi connectivity index (χ3n) is 5.00. The minimum absolute atomic E-state index is 0.682. The van der Waals surface area contributed by atoms with Gasteiger partial charge in [-0.2, -0.15) is 5.10 Å². The van der Waals surface area contributed by atoms with Crippen LogP contribution in [-0.4, -0.2) is 14.6 Å². The molecule has 0 saturated heterocycles. The number of fused-ring (bicyclic) bond motifs is 5. The lowest BCUT2D eigenvalue weighted by atomic mass is 10.0. The van der Waals surface area contributed by atoms with E-state index in [2.05, 4.69) is 44.2 Å². The van der Waals surface area contributed by atoms with Gasteiger partial charge in [0.25, 0.3) is 0 Å². The average Bonchev–Trinajstić information content (AvgIpc) is 3.01. The lowest BCUT2D eigenvalue weighted by molar-refractivity contribution is 0.985. The molecule has 2 aromatic heterocycles. The summed E-state index contributed by atoms with van der Waals surface area (Å²) < 4.78 is 1.91. The summed E-state index contributed by atoms with van der Waals surface area (Å²) in [5, 5.41) is 7.84. The Bertz CT molecular complexity index is 1320. The van der Waals surface area contributed by atoms with Gasteiger partial charge in [0.1, 0.15) is 0 Å². The monoisotopic (exact) mass is 357 g/mol. The summed E-state index contributed by atoms with van der Waals surface area (Å²) in [4.78, 5) is 4.79. The van der Waals surface area contributed by atoms with Gasteiger partial charge in [-0.05, 0) is 49.2 Å². The summed E-state index contributed by atoms with van der Waals surface area (Å²) in [5.74, 6) is 0. The van der Waals surface area contributed by atoms with E-state index in [1.807, 2.05) is 34.8 Å². The van der Waals surface area contributed by atoms with Gasteiger partial charge in [-0.1, -0.05) is 48.0 Å². The van der Waals surface area contributed by atoms with Gasteiger partial charge >= 0.3 is 0 Å². The molecule has 0 amide bonds. The van der Waals surface area contributed by atoms with Crippen molar-refractivity contribution in [3.05, 3.63) is 76.8 Å². The summed E-state index contributed by atoms with van der Waals surface area (Å²) in [6.45, 7) is 4.26. The van der Waals surface area contributed by atoms with Crippen LogP contribution in [0.15, 0.2) is 60.7 Å². The summed E-state index contributed by atoms with van der Waals surface area (Å²) in [7, 11) is 0. The molecule has 0 atom stereocenters. The van der Waals surface area contributed by atoms with Gasteiger partial charge < -0.3 is 0 Å². The highest BCUT2D eigenvalue weighted by molar-refractivity contribution is 6.31. The van der Waals surface area contributed by atoms with Gasteiger partial charge in [-0.15, -0.1) is 0 Å². The quantitative estimate of drug-likeness (QED) is 0.370. The van der Waals surface area contributed by atoms with E-state index >= 15 is 0 Å². The van der Waals surface area contributed by atoms with Gasteiger partial charge in [0, 0.05) is 21.4 Å². The number of halogens is 1. The Labute approximate surface area is 155 Å². The molecule has 5 rings (SSSR count). The first-order valence-electron chi connectivity index (χ1n) is 8.56. The van der Waals surface area contributed by atoms with E-state index in [1.54, 1.807) is 0 Å². The topological polar surface area (TPSA) is 30.2 Å². The molecule has 0 saturated carbocycles. The van der Waals surface area contributed by atoms with Crippen molar-refractivity contribution in [1.82, 2.24) is 14.6 Å². The molecule has 126 valence electrons. The van der Waals surface area contributed by atoms with Crippen LogP contribution in [0.2, 0.25) is 5.02 Å². The largest absolute Gasteiger partial charge is 0.226 e. The predicted molar refractivity (Wildman–Crippen MR) is 108 cm³/mol. The Balaban J connectivity index is 1.96. The van der Waals surface area contributed by atoms with Crippen molar-refractivity contribution in [3.63, 3.8) is 0 Å². The van der Waals surface area contributed by atoms with Crippen LogP contribution >= 0.6 is 11.6 Å². The van der Waals surface area contributed by atoms with E-state index in [1.165, 1.54) is 11.1 Å². The molecule has 0 aliphatic carbocycles. The molecule has 0 fully saturated rings. The van der Waals surface area contributed by atoms with Crippen LogP contribution in [0.5, 0.6) is 0 Å². The highest BCUT2D eigenvalue weighted by atomic mass is 35.5. The third-order valence-corrected chi connectivity index (χ3v) is 5.23. The van der Waals surface area contributed by atoms with Crippen molar-refractivity contribution in [2.24, 2.45) is 0 Å². The van der Waals surface area contributed by atoms with E-state index in [0.717, 1.165) is 38.7 Å². The number of aromatic nitrogens is 3. The van der Waals surface area contributed by atoms with Crippen LogP contribution in [0.4, 0.5) is 0 Å². The summed E-state index contributed by atoms with van der Waals surface area (Å²) in [6.07, 6.45) is 0. The van der Waals surface area contributed by atoms with Gasteiger partial charge in [0.2, 0.25) is 0 Å². The van der Waals surface area contributed by atoms with Crippen LogP contribution in [0.3, 0.4) is 0 Å². The molecule has 0 aliphatic heterocycles. The lowest BCUT2D eigenvalue weighted by Gasteiger charge is -2.10. The van der Waals surface area contributed by atoms with Crippen molar-refractivity contribution in [3.8, 4) is 11.3 Å². The summed E-state index contributed by atoms with van der Waals surface area (Å²) in [5.41, 5.74) is 7.26. The van der Waals surface area contributed by atoms with Gasteiger partial charge in [0.05, 0.1) is 16.7 Å².